The molecule has 68 valence electrons. The second kappa shape index (κ2) is 3.25. The smallest absolute Gasteiger partial charge is 0.0378 e. The van der Waals surface area contributed by atoms with Gasteiger partial charge in [0.05, 0.1) is 0 Å². The average molecular weight is 173 g/mol. The summed E-state index contributed by atoms with van der Waals surface area (Å²) in [7, 11) is 0. The van der Waals surface area contributed by atoms with Crippen LogP contribution in [0.4, 0.5) is 5.69 Å². The summed E-state index contributed by atoms with van der Waals surface area (Å²) in [6.07, 6.45) is 2.42. The van der Waals surface area contributed by atoms with Gasteiger partial charge in [0, 0.05) is 12.2 Å². The molecule has 1 aromatic rings. The van der Waals surface area contributed by atoms with Crippen LogP contribution in [0.25, 0.3) is 5.57 Å². The van der Waals surface area contributed by atoms with Gasteiger partial charge in [-0.05, 0) is 37.0 Å². The maximum atomic E-state index is 4.01. The second-order valence-corrected chi connectivity index (χ2v) is 3.64. The lowest BCUT2D eigenvalue weighted by atomic mass is 9.94. The molecule has 0 radical (unpaired) electrons. The van der Waals surface area contributed by atoms with E-state index in [0.29, 0.717) is 0 Å². The number of fused-ring (bicyclic) bond motifs is 1. The van der Waals surface area contributed by atoms with Gasteiger partial charge in [0.15, 0.2) is 0 Å². The molecule has 0 spiro atoms. The Morgan fingerprint density at radius 3 is 3.08 bits per heavy atom. The highest BCUT2D eigenvalue weighted by Crippen LogP contribution is 2.28. The zero-order valence-electron chi connectivity index (χ0n) is 8.06. The van der Waals surface area contributed by atoms with Gasteiger partial charge in [-0.1, -0.05) is 24.3 Å². The van der Waals surface area contributed by atoms with E-state index in [9.17, 15) is 0 Å². The molecule has 0 atom stereocenters. The van der Waals surface area contributed by atoms with E-state index in [-0.39, 0.29) is 0 Å². The third kappa shape index (κ3) is 1.46. The normalized spacial score (nSPS) is 14.5. The van der Waals surface area contributed by atoms with Crippen LogP contribution in [-0.4, -0.2) is 6.54 Å². The van der Waals surface area contributed by atoms with Crippen LogP contribution < -0.4 is 5.32 Å². The van der Waals surface area contributed by atoms with Crippen molar-refractivity contribution in [3.63, 3.8) is 0 Å². The molecule has 0 amide bonds. The van der Waals surface area contributed by atoms with Gasteiger partial charge in [0.2, 0.25) is 0 Å². The predicted octanol–water partition coefficient (Wildman–Crippen LogP) is 3.08. The summed E-state index contributed by atoms with van der Waals surface area (Å²) in [5, 5.41) is 3.42. The second-order valence-electron chi connectivity index (χ2n) is 3.64. The first-order chi connectivity index (χ1) is 6.29. The van der Waals surface area contributed by atoms with Crippen LogP contribution in [-0.2, 0) is 6.42 Å². The molecule has 0 aliphatic carbocycles. The molecule has 13 heavy (non-hydrogen) atoms. The summed E-state index contributed by atoms with van der Waals surface area (Å²) in [5.41, 5.74) is 5.23. The third-order valence-corrected chi connectivity index (χ3v) is 2.55. The van der Waals surface area contributed by atoms with Crippen LogP contribution in [0.2, 0.25) is 0 Å². The molecular weight excluding hydrogens is 158 g/mol. The fourth-order valence-electron chi connectivity index (χ4n) is 1.91. The monoisotopic (exact) mass is 173 g/mol. The Morgan fingerprint density at radius 2 is 2.31 bits per heavy atom. The standard InChI is InChI=1S/C12H15N/c1-9(2)10-5-3-7-12-11(10)6-4-8-13-12/h3,5,7,13H,1,4,6,8H2,2H3. The van der Waals surface area contributed by atoms with E-state index in [0.717, 1.165) is 6.54 Å². The summed E-state index contributed by atoms with van der Waals surface area (Å²) in [5.74, 6) is 0. The average Bonchev–Trinajstić information content (AvgIpc) is 2.17. The molecule has 1 aliphatic rings. The van der Waals surface area contributed by atoms with Gasteiger partial charge < -0.3 is 5.32 Å². The summed E-state index contributed by atoms with van der Waals surface area (Å²) in [6, 6.07) is 6.41. The van der Waals surface area contributed by atoms with Crippen molar-refractivity contribution >= 4 is 11.3 Å². The molecule has 1 heterocycles. The first-order valence-corrected chi connectivity index (χ1v) is 4.80. The molecule has 0 saturated carbocycles. The minimum absolute atomic E-state index is 1.10. The lowest BCUT2D eigenvalue weighted by Crippen LogP contribution is -2.12. The number of anilines is 1. The van der Waals surface area contributed by atoms with Crippen molar-refractivity contribution in [3.8, 4) is 0 Å². The van der Waals surface area contributed by atoms with Crippen molar-refractivity contribution in [2.45, 2.75) is 19.8 Å². The van der Waals surface area contributed by atoms with Gasteiger partial charge in [0.1, 0.15) is 0 Å². The molecule has 0 aromatic heterocycles. The van der Waals surface area contributed by atoms with E-state index in [1.54, 1.807) is 0 Å². The Kier molecular flexibility index (Phi) is 2.09. The number of benzene rings is 1. The number of hydrogen-bond donors (Lipinski definition) is 1. The van der Waals surface area contributed by atoms with E-state index >= 15 is 0 Å². The SMILES string of the molecule is C=C(C)c1cccc2c1CCCN2. The van der Waals surface area contributed by atoms with Crippen molar-refractivity contribution in [2.75, 3.05) is 11.9 Å². The van der Waals surface area contributed by atoms with E-state index in [1.807, 2.05) is 0 Å². The molecule has 0 saturated heterocycles. The third-order valence-electron chi connectivity index (χ3n) is 2.55. The van der Waals surface area contributed by atoms with Gasteiger partial charge in [-0.3, -0.25) is 0 Å². The Hall–Kier alpha value is -1.24. The Balaban J connectivity index is 2.52. The lowest BCUT2D eigenvalue weighted by molar-refractivity contribution is 0.828. The zero-order valence-corrected chi connectivity index (χ0v) is 8.06. The molecule has 0 fully saturated rings. The predicted molar refractivity (Wildman–Crippen MR) is 58.0 cm³/mol. The van der Waals surface area contributed by atoms with Crippen molar-refractivity contribution < 1.29 is 0 Å². The highest BCUT2D eigenvalue weighted by molar-refractivity contribution is 5.71. The highest BCUT2D eigenvalue weighted by atomic mass is 14.9. The Labute approximate surface area is 79.5 Å². The van der Waals surface area contributed by atoms with Gasteiger partial charge in [-0.15, -0.1) is 0 Å². The maximum absolute atomic E-state index is 4.01. The fraction of sp³-hybridized carbons (Fsp3) is 0.333. The summed E-state index contributed by atoms with van der Waals surface area (Å²) in [6.45, 7) is 7.18. The maximum Gasteiger partial charge on any atom is 0.0378 e. The van der Waals surface area contributed by atoms with Crippen molar-refractivity contribution in [3.05, 3.63) is 35.9 Å². The Morgan fingerprint density at radius 1 is 1.46 bits per heavy atom. The molecule has 1 N–H and O–H groups in total. The van der Waals surface area contributed by atoms with Crippen LogP contribution >= 0.6 is 0 Å². The topological polar surface area (TPSA) is 12.0 Å². The van der Waals surface area contributed by atoms with Gasteiger partial charge in [0.25, 0.3) is 0 Å². The lowest BCUT2D eigenvalue weighted by Gasteiger charge is -2.20. The number of hydrogen-bond acceptors (Lipinski definition) is 1. The largest absolute Gasteiger partial charge is 0.385 e. The highest BCUT2D eigenvalue weighted by Gasteiger charge is 2.11. The molecular formula is C12H15N. The number of allylic oxidation sites excluding steroid dienone is 1. The van der Waals surface area contributed by atoms with Gasteiger partial charge >= 0.3 is 0 Å². The summed E-state index contributed by atoms with van der Waals surface area (Å²) in [4.78, 5) is 0. The van der Waals surface area contributed by atoms with Gasteiger partial charge in [-0.2, -0.15) is 0 Å². The summed E-state index contributed by atoms with van der Waals surface area (Å²) >= 11 is 0. The van der Waals surface area contributed by atoms with Crippen LogP contribution in [0.5, 0.6) is 0 Å². The van der Waals surface area contributed by atoms with Crippen molar-refractivity contribution in [2.24, 2.45) is 0 Å². The molecule has 0 bridgehead atoms. The minimum Gasteiger partial charge on any atom is -0.385 e. The first-order valence-electron chi connectivity index (χ1n) is 4.80. The van der Waals surface area contributed by atoms with Gasteiger partial charge in [-0.25, -0.2) is 0 Å². The van der Waals surface area contributed by atoms with E-state index in [2.05, 4.69) is 37.0 Å². The number of nitrogens with one attached hydrogen (secondary N) is 1. The van der Waals surface area contributed by atoms with Crippen LogP contribution in [0.3, 0.4) is 0 Å². The molecule has 2 rings (SSSR count). The summed E-state index contributed by atoms with van der Waals surface area (Å²) < 4.78 is 0. The van der Waals surface area contributed by atoms with E-state index in [1.165, 1.54) is 35.2 Å². The first kappa shape index (κ1) is 8.36. The molecule has 1 heteroatoms. The van der Waals surface area contributed by atoms with Crippen LogP contribution in [0.1, 0.15) is 24.5 Å². The molecule has 1 aromatic carbocycles. The fourth-order valence-corrected chi connectivity index (χ4v) is 1.91. The molecule has 0 unspecified atom stereocenters. The van der Waals surface area contributed by atoms with Crippen molar-refractivity contribution in [1.82, 2.24) is 0 Å². The quantitative estimate of drug-likeness (QED) is 0.688. The number of rotatable bonds is 1. The van der Waals surface area contributed by atoms with E-state index < -0.39 is 0 Å². The van der Waals surface area contributed by atoms with Crippen molar-refractivity contribution in [1.29, 1.82) is 0 Å². The molecule has 1 nitrogen and oxygen atoms in total. The molecule has 1 aliphatic heterocycles. The minimum atomic E-state index is 1.10. The van der Waals surface area contributed by atoms with E-state index in [4.69, 9.17) is 0 Å². The van der Waals surface area contributed by atoms with Crippen LogP contribution in [0, 0.1) is 0 Å². The zero-order chi connectivity index (χ0) is 9.26. The van der Waals surface area contributed by atoms with Crippen LogP contribution in [0.15, 0.2) is 24.8 Å². The Bertz CT molecular complexity index is 339.